The maximum absolute atomic E-state index is 13.6. The highest BCUT2D eigenvalue weighted by Crippen LogP contribution is 2.52. The third-order valence-corrected chi connectivity index (χ3v) is 5.77. The molecule has 2 N–H and O–H groups in total. The molecule has 2 aromatic carbocycles. The van der Waals surface area contributed by atoms with Crippen molar-refractivity contribution in [3.8, 4) is 18.1 Å². The van der Waals surface area contributed by atoms with E-state index in [1.54, 1.807) is 12.1 Å². The highest BCUT2D eigenvalue weighted by atomic mass is 19.4. The average molecular weight is 413 g/mol. The third kappa shape index (κ3) is 3.20. The zero-order chi connectivity index (χ0) is 21.6. The van der Waals surface area contributed by atoms with E-state index in [1.165, 1.54) is 24.3 Å². The van der Waals surface area contributed by atoms with Crippen LogP contribution in [-0.4, -0.2) is 16.7 Å². The van der Waals surface area contributed by atoms with Crippen LogP contribution in [0.1, 0.15) is 42.4 Å². The standard InChI is InChI=1S/C22H18F3N3O2/c1-2-3-11-20(27-28-20)12-13-21(14-7-9-15(29)10-8-14)16-5-4-6-17(22(23,24)25)18(16)26-19(21)30/h1,4-10,29H,3,11-13H2,(H,26,30)/t21-/m0/s1. The van der Waals surface area contributed by atoms with E-state index in [2.05, 4.69) is 21.5 Å². The molecule has 2 aromatic rings. The van der Waals surface area contributed by atoms with Gasteiger partial charge < -0.3 is 10.4 Å². The van der Waals surface area contributed by atoms with E-state index >= 15 is 0 Å². The Bertz CT molecular complexity index is 1060. The lowest BCUT2D eigenvalue weighted by Gasteiger charge is -2.29. The fraction of sp³-hybridized carbons (Fsp3) is 0.318. The average Bonchev–Trinajstić information content (AvgIpc) is 3.41. The van der Waals surface area contributed by atoms with Gasteiger partial charge in [-0.25, -0.2) is 0 Å². The number of carbonyl (C=O) groups is 1. The molecule has 0 radical (unpaired) electrons. The number of anilines is 1. The van der Waals surface area contributed by atoms with E-state index in [0.717, 1.165) is 6.07 Å². The molecule has 2 aliphatic heterocycles. The highest BCUT2D eigenvalue weighted by Gasteiger charge is 2.53. The van der Waals surface area contributed by atoms with Gasteiger partial charge in [0.15, 0.2) is 5.66 Å². The molecular weight excluding hydrogens is 395 g/mol. The van der Waals surface area contributed by atoms with Gasteiger partial charge in [0.2, 0.25) is 5.91 Å². The van der Waals surface area contributed by atoms with Gasteiger partial charge >= 0.3 is 6.18 Å². The molecule has 0 aromatic heterocycles. The Balaban J connectivity index is 1.81. The Morgan fingerprint density at radius 3 is 2.37 bits per heavy atom. The summed E-state index contributed by atoms with van der Waals surface area (Å²) >= 11 is 0. The first-order valence-corrected chi connectivity index (χ1v) is 9.41. The summed E-state index contributed by atoms with van der Waals surface area (Å²) in [5.41, 5.74) is -2.44. The molecule has 0 saturated carbocycles. The van der Waals surface area contributed by atoms with Gasteiger partial charge in [0.05, 0.1) is 11.3 Å². The van der Waals surface area contributed by atoms with E-state index in [-0.39, 0.29) is 23.4 Å². The second-order valence-electron chi connectivity index (χ2n) is 7.52. The zero-order valence-corrected chi connectivity index (χ0v) is 15.8. The molecule has 0 saturated heterocycles. The molecule has 0 spiro atoms. The number of terminal acetylenes is 1. The number of phenols is 1. The van der Waals surface area contributed by atoms with Crippen molar-refractivity contribution in [1.29, 1.82) is 0 Å². The summed E-state index contributed by atoms with van der Waals surface area (Å²) in [6.45, 7) is 0. The predicted molar refractivity (Wildman–Crippen MR) is 104 cm³/mol. The number of alkyl halides is 3. The van der Waals surface area contributed by atoms with Gasteiger partial charge in [0, 0.05) is 12.8 Å². The topological polar surface area (TPSA) is 74.0 Å². The van der Waals surface area contributed by atoms with Crippen LogP contribution in [0, 0.1) is 12.3 Å². The van der Waals surface area contributed by atoms with Crippen LogP contribution in [0.2, 0.25) is 0 Å². The molecule has 0 unspecified atom stereocenters. The summed E-state index contributed by atoms with van der Waals surface area (Å²) in [6, 6.07) is 9.72. The van der Waals surface area contributed by atoms with Crippen molar-refractivity contribution < 1.29 is 23.1 Å². The SMILES string of the molecule is C#CCCC1(CC[C@@]2(c3ccc(O)cc3)C(=O)Nc3c(C(F)(F)F)cccc32)N=N1. The van der Waals surface area contributed by atoms with E-state index in [9.17, 15) is 23.1 Å². The van der Waals surface area contributed by atoms with Gasteiger partial charge in [-0.05, 0) is 42.2 Å². The van der Waals surface area contributed by atoms with Crippen molar-refractivity contribution >= 4 is 11.6 Å². The number of carbonyl (C=O) groups excluding carboxylic acids is 1. The number of nitrogens with one attached hydrogen (secondary N) is 1. The second-order valence-corrected chi connectivity index (χ2v) is 7.52. The lowest BCUT2D eigenvalue weighted by atomic mass is 9.70. The first kappa shape index (κ1) is 20.0. The highest BCUT2D eigenvalue weighted by molar-refractivity contribution is 6.09. The van der Waals surface area contributed by atoms with Gasteiger partial charge in [0.1, 0.15) is 11.2 Å². The van der Waals surface area contributed by atoms with E-state index < -0.39 is 28.7 Å². The fourth-order valence-electron chi connectivity index (χ4n) is 4.10. The van der Waals surface area contributed by atoms with Crippen LogP contribution in [0.25, 0.3) is 0 Å². The maximum atomic E-state index is 13.6. The number of hydrogen-bond donors (Lipinski definition) is 2. The normalized spacial score (nSPS) is 21.1. The Hall–Kier alpha value is -3.34. The molecule has 1 atom stereocenters. The minimum Gasteiger partial charge on any atom is -0.508 e. The smallest absolute Gasteiger partial charge is 0.418 e. The molecular formula is C22H18F3N3O2. The molecule has 2 aliphatic rings. The van der Waals surface area contributed by atoms with Crippen LogP contribution in [-0.2, 0) is 16.4 Å². The number of para-hydroxylation sites is 1. The molecule has 8 heteroatoms. The summed E-state index contributed by atoms with van der Waals surface area (Å²) in [7, 11) is 0. The minimum atomic E-state index is -4.61. The second kappa shape index (κ2) is 6.87. The number of benzene rings is 2. The van der Waals surface area contributed by atoms with Crippen molar-refractivity contribution in [2.75, 3.05) is 5.32 Å². The monoisotopic (exact) mass is 413 g/mol. The number of phenolic OH excluding ortho intramolecular Hbond substituents is 1. The molecule has 5 nitrogen and oxygen atoms in total. The number of rotatable bonds is 6. The van der Waals surface area contributed by atoms with Crippen molar-refractivity contribution in [3.63, 3.8) is 0 Å². The summed E-state index contributed by atoms with van der Waals surface area (Å²) < 4.78 is 40.7. The van der Waals surface area contributed by atoms with Crippen LogP contribution in [0.5, 0.6) is 5.75 Å². The molecule has 0 bridgehead atoms. The van der Waals surface area contributed by atoms with Gasteiger partial charge in [-0.1, -0.05) is 24.3 Å². The van der Waals surface area contributed by atoms with Crippen LogP contribution in [0.3, 0.4) is 0 Å². The Morgan fingerprint density at radius 2 is 1.77 bits per heavy atom. The first-order chi connectivity index (χ1) is 14.2. The number of amides is 1. The number of halogens is 3. The predicted octanol–water partition coefficient (Wildman–Crippen LogP) is 5.00. The number of hydrogen-bond acceptors (Lipinski definition) is 4. The van der Waals surface area contributed by atoms with E-state index in [1.807, 2.05) is 0 Å². The molecule has 0 fully saturated rings. The van der Waals surface area contributed by atoms with Gasteiger partial charge in [-0.3, -0.25) is 4.79 Å². The fourth-order valence-corrected chi connectivity index (χ4v) is 4.10. The van der Waals surface area contributed by atoms with Crippen molar-refractivity contribution in [2.24, 2.45) is 10.2 Å². The zero-order valence-electron chi connectivity index (χ0n) is 15.8. The first-order valence-electron chi connectivity index (χ1n) is 9.41. The van der Waals surface area contributed by atoms with Crippen molar-refractivity contribution in [2.45, 2.75) is 42.9 Å². The number of fused-ring (bicyclic) bond motifs is 1. The van der Waals surface area contributed by atoms with E-state index in [0.29, 0.717) is 24.8 Å². The van der Waals surface area contributed by atoms with Crippen LogP contribution < -0.4 is 5.32 Å². The van der Waals surface area contributed by atoms with Crippen molar-refractivity contribution in [3.05, 3.63) is 59.2 Å². The molecule has 2 heterocycles. The summed E-state index contributed by atoms with van der Waals surface area (Å²) in [4.78, 5) is 13.2. The Labute approximate surface area is 171 Å². The van der Waals surface area contributed by atoms with Gasteiger partial charge in [-0.2, -0.15) is 23.4 Å². The van der Waals surface area contributed by atoms with Crippen LogP contribution in [0.4, 0.5) is 18.9 Å². The molecule has 4 rings (SSSR count). The quantitative estimate of drug-likeness (QED) is 0.654. The van der Waals surface area contributed by atoms with Gasteiger partial charge in [0.25, 0.3) is 0 Å². The summed E-state index contributed by atoms with van der Waals surface area (Å²) in [5, 5.41) is 20.3. The van der Waals surface area contributed by atoms with E-state index in [4.69, 9.17) is 6.42 Å². The molecule has 0 aliphatic carbocycles. The van der Waals surface area contributed by atoms with Crippen LogP contribution >= 0.6 is 0 Å². The van der Waals surface area contributed by atoms with Crippen molar-refractivity contribution in [1.82, 2.24) is 0 Å². The lowest BCUT2D eigenvalue weighted by Crippen LogP contribution is -2.37. The molecule has 30 heavy (non-hydrogen) atoms. The van der Waals surface area contributed by atoms with Crippen LogP contribution in [0.15, 0.2) is 52.7 Å². The molecule has 1 amide bonds. The molecule has 154 valence electrons. The minimum absolute atomic E-state index is 0.00532. The number of aromatic hydroxyl groups is 1. The Kier molecular flexibility index (Phi) is 4.57. The largest absolute Gasteiger partial charge is 0.508 e. The summed E-state index contributed by atoms with van der Waals surface area (Å²) in [6.07, 6.45) is 2.24. The maximum Gasteiger partial charge on any atom is 0.418 e. The number of nitrogens with zero attached hydrogens (tertiary/aromatic N) is 2. The van der Waals surface area contributed by atoms with Gasteiger partial charge in [-0.15, -0.1) is 12.3 Å². The lowest BCUT2D eigenvalue weighted by molar-refractivity contribution is -0.136. The summed E-state index contributed by atoms with van der Waals surface area (Å²) in [5.74, 6) is 1.98. The third-order valence-electron chi connectivity index (χ3n) is 5.77. The Morgan fingerprint density at radius 1 is 1.07 bits per heavy atom.